The zero-order valence-electron chi connectivity index (χ0n) is 10.4. The minimum atomic E-state index is -6.30. The van der Waals surface area contributed by atoms with Gasteiger partial charge >= 0.3 is 27.5 Å². The highest BCUT2D eigenvalue weighted by Crippen LogP contribution is 2.41. The van der Waals surface area contributed by atoms with Crippen molar-refractivity contribution < 1.29 is 44.5 Å². The van der Waals surface area contributed by atoms with Gasteiger partial charge in [-0.05, 0) is 6.42 Å². The molecule has 1 N–H and O–H groups in total. The number of halogens is 5. The zero-order valence-corrected chi connectivity index (χ0v) is 11.3. The Hall–Kier alpha value is -0.970. The van der Waals surface area contributed by atoms with Gasteiger partial charge in [-0.25, -0.2) is 0 Å². The van der Waals surface area contributed by atoms with E-state index in [1.54, 1.807) is 0 Å². The molecule has 0 aliphatic heterocycles. The van der Waals surface area contributed by atoms with Crippen molar-refractivity contribution in [1.82, 2.24) is 0 Å². The van der Waals surface area contributed by atoms with Crippen molar-refractivity contribution in [2.75, 3.05) is 6.61 Å². The average Bonchev–Trinajstić information content (AvgIpc) is 2.24. The highest BCUT2D eigenvalue weighted by Gasteiger charge is 2.63. The second-order valence-electron chi connectivity index (χ2n) is 4.07. The van der Waals surface area contributed by atoms with Crippen molar-refractivity contribution in [3.05, 3.63) is 0 Å². The highest BCUT2D eigenvalue weighted by atomic mass is 32.2. The molecule has 0 aliphatic rings. The lowest BCUT2D eigenvalue weighted by Crippen LogP contribution is -2.47. The number of esters is 1. The summed E-state index contributed by atoms with van der Waals surface area (Å²) in [6, 6.07) is 0. The number of ether oxygens (including phenoxy) is 1. The van der Waals surface area contributed by atoms with E-state index < -0.39 is 46.0 Å². The van der Waals surface area contributed by atoms with Crippen LogP contribution in [0.4, 0.5) is 22.0 Å². The van der Waals surface area contributed by atoms with Crippen molar-refractivity contribution in [1.29, 1.82) is 0 Å². The molecule has 0 fully saturated rings. The van der Waals surface area contributed by atoms with Crippen LogP contribution in [0.3, 0.4) is 0 Å². The topological polar surface area (TPSA) is 80.7 Å². The maximum absolute atomic E-state index is 13.1. The second-order valence-corrected chi connectivity index (χ2v) is 5.56. The van der Waals surface area contributed by atoms with Crippen LogP contribution in [0.25, 0.3) is 0 Å². The Balaban J connectivity index is 5.19. The molecule has 0 saturated carbocycles. The standard InChI is InChI=1S/C9H13F5O5S/c1-3-5(2)7(15)19-4-6(8(10,11)12)9(13,14)20(16,17)18/h5-6H,3-4H2,1-2H3,(H,16,17,18). The van der Waals surface area contributed by atoms with Crippen LogP contribution in [0.5, 0.6) is 0 Å². The van der Waals surface area contributed by atoms with E-state index in [0.29, 0.717) is 0 Å². The fourth-order valence-corrected chi connectivity index (χ4v) is 1.60. The Morgan fingerprint density at radius 2 is 1.70 bits per heavy atom. The number of carbonyl (C=O) groups excluding carboxylic acids is 1. The monoisotopic (exact) mass is 328 g/mol. The number of hydrogen-bond acceptors (Lipinski definition) is 4. The molecule has 2 atom stereocenters. The van der Waals surface area contributed by atoms with Gasteiger partial charge < -0.3 is 4.74 Å². The van der Waals surface area contributed by atoms with Crippen molar-refractivity contribution in [2.24, 2.45) is 11.8 Å². The van der Waals surface area contributed by atoms with Gasteiger partial charge in [-0.15, -0.1) is 0 Å². The van der Waals surface area contributed by atoms with E-state index in [1.165, 1.54) is 13.8 Å². The summed E-state index contributed by atoms with van der Waals surface area (Å²) >= 11 is 0. The molecule has 0 spiro atoms. The third-order valence-electron chi connectivity index (χ3n) is 2.55. The van der Waals surface area contributed by atoms with Crippen LogP contribution in [-0.2, 0) is 19.6 Å². The Labute approximate surface area is 111 Å². The molecule has 0 rings (SSSR count). The second kappa shape index (κ2) is 6.20. The molecule has 20 heavy (non-hydrogen) atoms. The van der Waals surface area contributed by atoms with Crippen LogP contribution in [0.15, 0.2) is 0 Å². The van der Waals surface area contributed by atoms with Gasteiger partial charge in [0.05, 0.1) is 5.92 Å². The fourth-order valence-electron chi connectivity index (χ4n) is 1.04. The summed E-state index contributed by atoms with van der Waals surface area (Å²) in [6.07, 6.45) is -5.49. The summed E-state index contributed by atoms with van der Waals surface area (Å²) in [7, 11) is -6.30. The lowest BCUT2D eigenvalue weighted by atomic mass is 10.1. The van der Waals surface area contributed by atoms with E-state index >= 15 is 0 Å². The first-order valence-electron chi connectivity index (χ1n) is 5.33. The average molecular weight is 328 g/mol. The Kier molecular flexibility index (Phi) is 5.90. The molecule has 0 saturated heterocycles. The summed E-state index contributed by atoms with van der Waals surface area (Å²) in [5.74, 6) is -5.85. The number of carbonyl (C=O) groups is 1. The maximum atomic E-state index is 13.1. The summed E-state index contributed by atoms with van der Waals surface area (Å²) in [5, 5.41) is -5.51. The molecule has 11 heteroatoms. The minimum Gasteiger partial charge on any atom is -0.465 e. The van der Waals surface area contributed by atoms with E-state index in [4.69, 9.17) is 4.55 Å². The van der Waals surface area contributed by atoms with E-state index in [-0.39, 0.29) is 6.42 Å². The van der Waals surface area contributed by atoms with Crippen molar-refractivity contribution in [3.63, 3.8) is 0 Å². The highest BCUT2D eigenvalue weighted by molar-refractivity contribution is 7.86. The molecule has 0 aliphatic carbocycles. The SMILES string of the molecule is CCC(C)C(=O)OCC(C(F)(F)F)C(F)(F)S(=O)(=O)O. The molecule has 2 unspecified atom stereocenters. The van der Waals surface area contributed by atoms with E-state index in [2.05, 4.69) is 4.74 Å². The molecule has 0 aromatic rings. The predicted molar refractivity (Wildman–Crippen MR) is 56.5 cm³/mol. The smallest absolute Gasteiger partial charge is 0.402 e. The molecule has 0 aromatic heterocycles. The Morgan fingerprint density at radius 1 is 1.25 bits per heavy atom. The molecule has 0 amide bonds. The van der Waals surface area contributed by atoms with Gasteiger partial charge in [0.25, 0.3) is 0 Å². The summed E-state index contributed by atoms with van der Waals surface area (Å²) < 4.78 is 96.4. The van der Waals surface area contributed by atoms with Crippen LogP contribution < -0.4 is 0 Å². The summed E-state index contributed by atoms with van der Waals surface area (Å²) in [4.78, 5) is 11.1. The minimum absolute atomic E-state index is 0.199. The molecule has 5 nitrogen and oxygen atoms in total. The van der Waals surface area contributed by atoms with Crippen molar-refractivity contribution in [2.45, 2.75) is 31.7 Å². The number of hydrogen-bond donors (Lipinski definition) is 1. The maximum Gasteiger partial charge on any atom is 0.402 e. The molecular formula is C9H13F5O5S. The molecule has 0 aromatic carbocycles. The predicted octanol–water partition coefficient (Wildman–Crippen LogP) is 2.23. The van der Waals surface area contributed by atoms with E-state index in [9.17, 15) is 35.2 Å². The van der Waals surface area contributed by atoms with Gasteiger partial charge in [0.15, 0.2) is 5.92 Å². The quantitative estimate of drug-likeness (QED) is 0.459. The van der Waals surface area contributed by atoms with Crippen LogP contribution in [0, 0.1) is 11.8 Å². The molecule has 120 valence electrons. The lowest BCUT2D eigenvalue weighted by molar-refractivity contribution is -0.231. The van der Waals surface area contributed by atoms with Crippen molar-refractivity contribution in [3.8, 4) is 0 Å². The molecule has 0 heterocycles. The summed E-state index contributed by atoms with van der Waals surface area (Å²) in [5.41, 5.74) is 0. The van der Waals surface area contributed by atoms with E-state index in [0.717, 1.165) is 0 Å². The molecule has 0 radical (unpaired) electrons. The largest absolute Gasteiger partial charge is 0.465 e. The van der Waals surface area contributed by atoms with Crippen LogP contribution >= 0.6 is 0 Å². The summed E-state index contributed by atoms with van der Waals surface area (Å²) in [6.45, 7) is 0.908. The molecular weight excluding hydrogens is 315 g/mol. The first-order valence-corrected chi connectivity index (χ1v) is 6.77. The third kappa shape index (κ3) is 4.54. The van der Waals surface area contributed by atoms with Crippen LogP contribution in [0.2, 0.25) is 0 Å². The first kappa shape index (κ1) is 19.0. The van der Waals surface area contributed by atoms with Gasteiger partial charge in [0.2, 0.25) is 0 Å². The number of rotatable bonds is 6. The Bertz CT molecular complexity index is 444. The van der Waals surface area contributed by atoms with Gasteiger partial charge in [-0.3, -0.25) is 9.35 Å². The molecule has 0 bridgehead atoms. The lowest BCUT2D eigenvalue weighted by Gasteiger charge is -2.26. The van der Waals surface area contributed by atoms with Crippen molar-refractivity contribution >= 4 is 16.1 Å². The fraction of sp³-hybridized carbons (Fsp3) is 0.889. The van der Waals surface area contributed by atoms with Crippen LogP contribution in [0.1, 0.15) is 20.3 Å². The van der Waals surface area contributed by atoms with Gasteiger partial charge in [0, 0.05) is 0 Å². The first-order chi connectivity index (χ1) is 8.75. The van der Waals surface area contributed by atoms with E-state index in [1.807, 2.05) is 0 Å². The van der Waals surface area contributed by atoms with Gasteiger partial charge in [-0.2, -0.15) is 30.4 Å². The zero-order chi connectivity index (χ0) is 16.4. The number of alkyl halides is 5. The van der Waals surface area contributed by atoms with Gasteiger partial charge in [0.1, 0.15) is 6.61 Å². The van der Waals surface area contributed by atoms with Crippen LogP contribution in [-0.4, -0.2) is 37.0 Å². The third-order valence-corrected chi connectivity index (χ3v) is 3.52. The normalized spacial score (nSPS) is 16.6. The Morgan fingerprint density at radius 3 is 2.00 bits per heavy atom. The van der Waals surface area contributed by atoms with Gasteiger partial charge in [-0.1, -0.05) is 13.8 Å².